The van der Waals surface area contributed by atoms with Crippen LogP contribution in [0.1, 0.15) is 68.7 Å². The monoisotopic (exact) mass is 620 g/mol. The van der Waals surface area contributed by atoms with Crippen LogP contribution < -0.4 is 16.2 Å². The number of ether oxygens (including phenoxy) is 1. The number of hydrogen-bond acceptors (Lipinski definition) is 5. The molecule has 0 spiro atoms. The maximum absolute atomic E-state index is 12.9. The smallest absolute Gasteiger partial charge is 0.253 e. The van der Waals surface area contributed by atoms with Crippen LogP contribution >= 0.6 is 0 Å². The fourth-order valence-electron chi connectivity index (χ4n) is 5.92. The zero-order valence-electron chi connectivity index (χ0n) is 26.1. The molecule has 4 amide bonds. The molecule has 0 unspecified atom stereocenters. The van der Waals surface area contributed by atoms with Gasteiger partial charge in [-0.1, -0.05) is 60.7 Å². The molecule has 0 aliphatic carbocycles. The molecule has 9 nitrogen and oxygen atoms in total. The van der Waals surface area contributed by atoms with Crippen molar-refractivity contribution in [1.29, 1.82) is 0 Å². The van der Waals surface area contributed by atoms with Crippen LogP contribution in [0.4, 0.5) is 0 Å². The molecule has 2 aliphatic heterocycles. The number of primary amides is 2. The first-order chi connectivity index (χ1) is 22.2. The van der Waals surface area contributed by atoms with Crippen molar-refractivity contribution in [2.24, 2.45) is 23.3 Å². The van der Waals surface area contributed by atoms with Crippen LogP contribution in [-0.4, -0.2) is 66.7 Å². The van der Waals surface area contributed by atoms with Gasteiger partial charge < -0.3 is 26.0 Å². The highest BCUT2D eigenvalue weighted by Crippen LogP contribution is 2.25. The van der Waals surface area contributed by atoms with Crippen molar-refractivity contribution < 1.29 is 23.9 Å². The van der Waals surface area contributed by atoms with Gasteiger partial charge in [-0.2, -0.15) is 0 Å². The van der Waals surface area contributed by atoms with Crippen molar-refractivity contribution >= 4 is 47.9 Å². The van der Waals surface area contributed by atoms with Gasteiger partial charge in [-0.3, -0.25) is 19.2 Å². The second kappa shape index (κ2) is 14.7. The number of likely N-dealkylation sites (tertiary alicyclic amines) is 2. The lowest BCUT2D eigenvalue weighted by atomic mass is 9.96. The lowest BCUT2D eigenvalue weighted by Gasteiger charge is -2.30. The van der Waals surface area contributed by atoms with Crippen LogP contribution in [0, 0.1) is 11.8 Å². The first-order valence-corrected chi connectivity index (χ1v) is 15.6. The molecule has 0 saturated carbocycles. The molecule has 2 fully saturated rings. The van der Waals surface area contributed by atoms with E-state index < -0.39 is 0 Å². The van der Waals surface area contributed by atoms with Gasteiger partial charge in [0.25, 0.3) is 11.8 Å². The van der Waals surface area contributed by atoms with Crippen molar-refractivity contribution in [3.63, 3.8) is 0 Å². The van der Waals surface area contributed by atoms with Gasteiger partial charge in [0.1, 0.15) is 5.75 Å². The van der Waals surface area contributed by atoms with Crippen molar-refractivity contribution in [2.45, 2.75) is 25.7 Å². The van der Waals surface area contributed by atoms with E-state index in [1.165, 1.54) is 0 Å². The number of hydrogen-bond donors (Lipinski definition) is 2. The fourth-order valence-corrected chi connectivity index (χ4v) is 5.92. The summed E-state index contributed by atoms with van der Waals surface area (Å²) in [6, 6.07) is 20.9. The Labute approximate surface area is 269 Å². The highest BCUT2D eigenvalue weighted by molar-refractivity contribution is 5.95. The molecule has 3 aromatic carbocycles. The molecule has 0 bridgehead atoms. The lowest BCUT2D eigenvalue weighted by molar-refractivity contribution is -0.123. The standard InChI is InChI=1S/C37H40N4O5/c1-46-33-24-27(3-2-25-5-12-31(13-6-25)36(44)40-20-16-29(17-21-40)34(38)42)9-11-28(33)10-4-26-7-14-32(15-8-26)37(45)41-22-18-30(19-23-41)35(39)43/h2-15,24,29-30H,16-23H2,1H3,(H2,38,42)(H2,39,43)/b3-2+,10-4+. The summed E-state index contributed by atoms with van der Waals surface area (Å²) in [6.07, 6.45) is 10.4. The first kappa shape index (κ1) is 32.2. The van der Waals surface area contributed by atoms with Gasteiger partial charge >= 0.3 is 0 Å². The van der Waals surface area contributed by atoms with Crippen LogP contribution in [0.25, 0.3) is 24.3 Å². The number of rotatable bonds is 9. The Morgan fingerprint density at radius 3 is 1.41 bits per heavy atom. The summed E-state index contributed by atoms with van der Waals surface area (Å²) in [4.78, 5) is 52.2. The maximum atomic E-state index is 12.9. The number of methoxy groups -OCH3 is 1. The highest BCUT2D eigenvalue weighted by atomic mass is 16.5. The highest BCUT2D eigenvalue weighted by Gasteiger charge is 2.27. The van der Waals surface area contributed by atoms with Gasteiger partial charge in [-0.05, 0) is 72.7 Å². The van der Waals surface area contributed by atoms with Crippen LogP contribution in [0.3, 0.4) is 0 Å². The molecular weight excluding hydrogens is 580 g/mol. The van der Waals surface area contributed by atoms with E-state index in [4.69, 9.17) is 16.2 Å². The molecule has 2 saturated heterocycles. The molecule has 4 N–H and O–H groups in total. The topological polar surface area (TPSA) is 136 Å². The average molecular weight is 621 g/mol. The molecule has 9 heteroatoms. The molecule has 3 aromatic rings. The number of benzene rings is 3. The van der Waals surface area contributed by atoms with E-state index in [2.05, 4.69) is 0 Å². The summed E-state index contributed by atoms with van der Waals surface area (Å²) >= 11 is 0. The average Bonchev–Trinajstić information content (AvgIpc) is 3.09. The van der Waals surface area contributed by atoms with E-state index in [1.807, 2.05) is 91.0 Å². The largest absolute Gasteiger partial charge is 0.496 e. The van der Waals surface area contributed by atoms with E-state index >= 15 is 0 Å². The third-order valence-corrected chi connectivity index (χ3v) is 8.87. The Morgan fingerprint density at radius 2 is 1.00 bits per heavy atom. The SMILES string of the molecule is COc1cc(/C=C/c2ccc(C(=O)N3CCC(C(N)=O)CC3)cc2)ccc1/C=C/c1ccc(C(=O)N2CCC(C(N)=O)CC2)cc1. The fraction of sp³-hybridized carbons (Fsp3) is 0.297. The Morgan fingerprint density at radius 1 is 0.609 bits per heavy atom. The number of carbonyl (C=O) groups is 4. The van der Waals surface area contributed by atoms with E-state index in [9.17, 15) is 19.2 Å². The third kappa shape index (κ3) is 7.90. The third-order valence-electron chi connectivity index (χ3n) is 8.87. The number of carbonyl (C=O) groups excluding carboxylic acids is 4. The van der Waals surface area contributed by atoms with Crippen molar-refractivity contribution in [3.05, 3.63) is 100 Å². The van der Waals surface area contributed by atoms with Crippen LogP contribution in [0.15, 0.2) is 66.7 Å². The lowest BCUT2D eigenvalue weighted by Crippen LogP contribution is -2.41. The summed E-state index contributed by atoms with van der Waals surface area (Å²) in [5, 5.41) is 0. The number of amides is 4. The van der Waals surface area contributed by atoms with E-state index in [0.717, 1.165) is 28.0 Å². The van der Waals surface area contributed by atoms with Gasteiger partial charge in [-0.15, -0.1) is 0 Å². The molecule has 0 radical (unpaired) electrons. The van der Waals surface area contributed by atoms with Crippen molar-refractivity contribution in [1.82, 2.24) is 9.80 Å². The normalized spacial score (nSPS) is 16.2. The Kier molecular flexibility index (Phi) is 10.3. The van der Waals surface area contributed by atoms with Crippen LogP contribution in [0.2, 0.25) is 0 Å². The van der Waals surface area contributed by atoms with Crippen LogP contribution in [-0.2, 0) is 9.59 Å². The van der Waals surface area contributed by atoms with Gasteiger partial charge in [0.15, 0.2) is 0 Å². The van der Waals surface area contributed by atoms with Crippen molar-refractivity contribution in [3.8, 4) is 5.75 Å². The summed E-state index contributed by atoms with van der Waals surface area (Å²) in [5.41, 5.74) is 15.9. The second-order valence-electron chi connectivity index (χ2n) is 11.8. The molecule has 2 aliphatic rings. The molecule has 238 valence electrons. The molecule has 0 aromatic heterocycles. The second-order valence-corrected chi connectivity index (χ2v) is 11.8. The zero-order chi connectivity index (χ0) is 32.6. The minimum Gasteiger partial charge on any atom is -0.496 e. The molecular formula is C37H40N4O5. The van der Waals surface area contributed by atoms with E-state index in [-0.39, 0.29) is 35.5 Å². The number of nitrogens with two attached hydrogens (primary N) is 2. The Balaban J connectivity index is 1.16. The quantitative estimate of drug-likeness (QED) is 0.334. The van der Waals surface area contributed by atoms with Crippen molar-refractivity contribution in [2.75, 3.05) is 33.3 Å². The number of piperidine rings is 2. The van der Waals surface area contributed by atoms with E-state index in [0.29, 0.717) is 63.0 Å². The molecule has 5 rings (SSSR count). The van der Waals surface area contributed by atoms with Crippen LogP contribution in [0.5, 0.6) is 5.75 Å². The predicted molar refractivity (Wildman–Crippen MR) is 179 cm³/mol. The summed E-state index contributed by atoms with van der Waals surface area (Å²) in [5.74, 6) is -0.224. The maximum Gasteiger partial charge on any atom is 0.253 e. The zero-order valence-corrected chi connectivity index (χ0v) is 26.1. The molecule has 0 atom stereocenters. The van der Waals surface area contributed by atoms with Gasteiger partial charge in [-0.25, -0.2) is 0 Å². The summed E-state index contributed by atoms with van der Waals surface area (Å²) < 4.78 is 5.65. The summed E-state index contributed by atoms with van der Waals surface area (Å²) in [6.45, 7) is 2.14. The first-order valence-electron chi connectivity index (χ1n) is 15.6. The number of nitrogens with zero attached hydrogens (tertiary/aromatic N) is 2. The molecule has 2 heterocycles. The predicted octanol–water partition coefficient (Wildman–Crippen LogP) is 4.71. The van der Waals surface area contributed by atoms with E-state index in [1.54, 1.807) is 16.9 Å². The Hall–Kier alpha value is -5.18. The Bertz CT molecular complexity index is 1630. The molecule has 46 heavy (non-hydrogen) atoms. The summed E-state index contributed by atoms with van der Waals surface area (Å²) in [7, 11) is 1.64. The van der Waals surface area contributed by atoms with Gasteiger partial charge in [0.05, 0.1) is 7.11 Å². The van der Waals surface area contributed by atoms with Gasteiger partial charge in [0, 0.05) is 54.7 Å². The van der Waals surface area contributed by atoms with Gasteiger partial charge in [0.2, 0.25) is 11.8 Å². The minimum atomic E-state index is -0.292. The minimum absolute atomic E-state index is 0.0327.